The zero-order valence-electron chi connectivity index (χ0n) is 13.8. The summed E-state index contributed by atoms with van der Waals surface area (Å²) in [4.78, 5) is 21.8. The first-order chi connectivity index (χ1) is 12.1. The van der Waals surface area contributed by atoms with Gasteiger partial charge in [-0.1, -0.05) is 12.1 Å². The highest BCUT2D eigenvalue weighted by Gasteiger charge is 2.28. The molecule has 3 heterocycles. The van der Waals surface area contributed by atoms with Crippen LogP contribution in [0.5, 0.6) is 0 Å². The minimum absolute atomic E-state index is 0.103. The van der Waals surface area contributed by atoms with E-state index in [1.807, 2.05) is 24.4 Å². The van der Waals surface area contributed by atoms with E-state index in [9.17, 15) is 9.18 Å². The first kappa shape index (κ1) is 15.8. The summed E-state index contributed by atoms with van der Waals surface area (Å²) in [5.41, 5.74) is 1.43. The molecular formula is C17H19FN6O. The number of rotatable bonds is 4. The van der Waals surface area contributed by atoms with Gasteiger partial charge in [0, 0.05) is 31.6 Å². The third kappa shape index (κ3) is 3.00. The van der Waals surface area contributed by atoms with Gasteiger partial charge in [-0.05, 0) is 12.1 Å². The number of para-hydroxylation sites is 1. The number of carbonyl (C=O) groups is 1. The first-order valence-corrected chi connectivity index (χ1v) is 8.22. The number of halogens is 1. The van der Waals surface area contributed by atoms with Crippen molar-refractivity contribution in [1.29, 1.82) is 0 Å². The van der Waals surface area contributed by atoms with Crippen LogP contribution in [-0.2, 0) is 6.54 Å². The molecule has 3 aromatic rings. The highest BCUT2D eigenvalue weighted by atomic mass is 19.1. The zero-order chi connectivity index (χ0) is 17.4. The van der Waals surface area contributed by atoms with Crippen LogP contribution >= 0.6 is 0 Å². The van der Waals surface area contributed by atoms with E-state index in [0.717, 1.165) is 10.9 Å². The van der Waals surface area contributed by atoms with Crippen LogP contribution in [0.15, 0.2) is 30.5 Å². The molecule has 0 radical (unpaired) electrons. The lowest BCUT2D eigenvalue weighted by Gasteiger charge is -2.16. The van der Waals surface area contributed by atoms with Crippen molar-refractivity contribution in [2.75, 3.05) is 13.6 Å². The second-order valence-corrected chi connectivity index (χ2v) is 6.34. The third-order valence-corrected chi connectivity index (χ3v) is 4.49. The van der Waals surface area contributed by atoms with E-state index < -0.39 is 6.17 Å². The standard InChI is InChI=1S/C17H19FN6O/c1-24(17(25)12-4-2-3-10-5-6-19-15(10)12)9-14-21-16(23-22-14)13-7-11(18)8-20-13/h2-6,11,13,19-20H,7-9H2,1H3,(H,21,22,23)/t11-,13+/m0/s1. The molecule has 2 aromatic heterocycles. The Balaban J connectivity index is 1.48. The maximum atomic E-state index is 13.3. The van der Waals surface area contributed by atoms with Gasteiger partial charge in [0.05, 0.1) is 23.7 Å². The number of nitrogens with zero attached hydrogens (tertiary/aromatic N) is 3. The van der Waals surface area contributed by atoms with E-state index in [4.69, 9.17) is 0 Å². The van der Waals surface area contributed by atoms with Crippen molar-refractivity contribution in [2.24, 2.45) is 0 Å². The number of benzene rings is 1. The molecule has 7 nitrogen and oxygen atoms in total. The lowest BCUT2D eigenvalue weighted by molar-refractivity contribution is 0.0783. The van der Waals surface area contributed by atoms with Gasteiger partial charge in [-0.3, -0.25) is 9.89 Å². The number of alkyl halides is 1. The number of carbonyl (C=O) groups excluding carboxylic acids is 1. The Bertz CT molecular complexity index is 903. The van der Waals surface area contributed by atoms with Crippen molar-refractivity contribution in [3.63, 3.8) is 0 Å². The van der Waals surface area contributed by atoms with Crippen LogP contribution in [-0.4, -0.2) is 50.7 Å². The summed E-state index contributed by atoms with van der Waals surface area (Å²) in [7, 11) is 1.72. The molecule has 3 N–H and O–H groups in total. The number of hydrogen-bond donors (Lipinski definition) is 3. The first-order valence-electron chi connectivity index (χ1n) is 8.22. The minimum Gasteiger partial charge on any atom is -0.361 e. The van der Waals surface area contributed by atoms with Crippen LogP contribution in [0.4, 0.5) is 4.39 Å². The van der Waals surface area contributed by atoms with Gasteiger partial charge in [-0.25, -0.2) is 9.37 Å². The lowest BCUT2D eigenvalue weighted by atomic mass is 10.1. The van der Waals surface area contributed by atoms with Crippen LogP contribution < -0.4 is 5.32 Å². The van der Waals surface area contributed by atoms with E-state index in [0.29, 0.717) is 36.7 Å². The Labute approximate surface area is 143 Å². The van der Waals surface area contributed by atoms with Gasteiger partial charge in [-0.15, -0.1) is 0 Å². The normalized spacial score (nSPS) is 20.2. The summed E-state index contributed by atoms with van der Waals surface area (Å²) >= 11 is 0. The molecule has 0 spiro atoms. The zero-order valence-corrected chi connectivity index (χ0v) is 13.8. The Morgan fingerprint density at radius 1 is 1.40 bits per heavy atom. The molecule has 4 rings (SSSR count). The van der Waals surface area contributed by atoms with E-state index in [1.54, 1.807) is 18.0 Å². The summed E-state index contributed by atoms with van der Waals surface area (Å²) < 4.78 is 13.3. The van der Waals surface area contributed by atoms with Gasteiger partial charge in [0.25, 0.3) is 5.91 Å². The van der Waals surface area contributed by atoms with Crippen molar-refractivity contribution >= 4 is 16.8 Å². The van der Waals surface area contributed by atoms with Gasteiger partial charge in [0.15, 0.2) is 5.82 Å². The van der Waals surface area contributed by atoms with Gasteiger partial charge in [0.2, 0.25) is 0 Å². The molecule has 130 valence electrons. The SMILES string of the molecule is CN(Cc1nc([C@H]2C[C@H](F)CN2)n[nH]1)C(=O)c1cccc2cc[nH]c12. The van der Waals surface area contributed by atoms with E-state index in [1.165, 1.54) is 0 Å². The number of H-pyrrole nitrogens is 2. The fourth-order valence-corrected chi connectivity index (χ4v) is 3.19. The second-order valence-electron chi connectivity index (χ2n) is 6.34. The van der Waals surface area contributed by atoms with Crippen LogP contribution in [0.2, 0.25) is 0 Å². The number of aromatic nitrogens is 4. The number of fused-ring (bicyclic) bond motifs is 1. The summed E-state index contributed by atoms with van der Waals surface area (Å²) in [6.45, 7) is 0.627. The Hall–Kier alpha value is -2.74. The Kier molecular flexibility index (Phi) is 3.96. The molecule has 1 aliphatic heterocycles. The number of amides is 1. The smallest absolute Gasteiger partial charge is 0.256 e. The average molecular weight is 342 g/mol. The Morgan fingerprint density at radius 3 is 3.08 bits per heavy atom. The monoisotopic (exact) mass is 342 g/mol. The van der Waals surface area contributed by atoms with Crippen LogP contribution in [0.3, 0.4) is 0 Å². The lowest BCUT2D eigenvalue weighted by Crippen LogP contribution is -2.27. The predicted molar refractivity (Wildman–Crippen MR) is 90.7 cm³/mol. The molecular weight excluding hydrogens is 323 g/mol. The maximum Gasteiger partial charge on any atom is 0.256 e. The van der Waals surface area contributed by atoms with Crippen molar-refractivity contribution in [2.45, 2.75) is 25.2 Å². The molecule has 1 saturated heterocycles. The molecule has 1 aliphatic rings. The van der Waals surface area contributed by atoms with E-state index in [2.05, 4.69) is 25.5 Å². The third-order valence-electron chi connectivity index (χ3n) is 4.49. The fraction of sp³-hybridized carbons (Fsp3) is 0.353. The molecule has 8 heteroatoms. The molecule has 0 bridgehead atoms. The second kappa shape index (κ2) is 6.29. The summed E-state index contributed by atoms with van der Waals surface area (Å²) in [5.74, 6) is 1.02. The molecule has 1 amide bonds. The maximum absolute atomic E-state index is 13.3. The predicted octanol–water partition coefficient (Wildman–Crippen LogP) is 1.93. The topological polar surface area (TPSA) is 89.7 Å². The Morgan fingerprint density at radius 2 is 2.28 bits per heavy atom. The van der Waals surface area contributed by atoms with E-state index in [-0.39, 0.29) is 11.9 Å². The molecule has 0 saturated carbocycles. The highest BCUT2D eigenvalue weighted by molar-refractivity contribution is 6.05. The largest absolute Gasteiger partial charge is 0.361 e. The minimum atomic E-state index is -0.863. The molecule has 1 aromatic carbocycles. The highest BCUT2D eigenvalue weighted by Crippen LogP contribution is 2.22. The quantitative estimate of drug-likeness (QED) is 0.676. The molecule has 0 unspecified atom stereocenters. The number of nitrogens with one attached hydrogen (secondary N) is 3. The van der Waals surface area contributed by atoms with Crippen LogP contribution in [0, 0.1) is 0 Å². The summed E-state index contributed by atoms with van der Waals surface area (Å²) in [6.07, 6.45) is 1.33. The molecule has 25 heavy (non-hydrogen) atoms. The summed E-state index contributed by atoms with van der Waals surface area (Å²) in [6, 6.07) is 7.38. The average Bonchev–Trinajstić information content (AvgIpc) is 3.33. The summed E-state index contributed by atoms with van der Waals surface area (Å²) in [5, 5.41) is 11.0. The molecule has 2 atom stereocenters. The van der Waals surface area contributed by atoms with Crippen LogP contribution in [0.25, 0.3) is 10.9 Å². The van der Waals surface area contributed by atoms with Gasteiger partial charge in [-0.2, -0.15) is 5.10 Å². The molecule has 1 fully saturated rings. The van der Waals surface area contributed by atoms with Crippen LogP contribution in [0.1, 0.15) is 34.5 Å². The van der Waals surface area contributed by atoms with E-state index >= 15 is 0 Å². The number of hydrogen-bond acceptors (Lipinski definition) is 4. The van der Waals surface area contributed by atoms with Gasteiger partial charge >= 0.3 is 0 Å². The van der Waals surface area contributed by atoms with Gasteiger partial charge < -0.3 is 15.2 Å². The van der Waals surface area contributed by atoms with Crippen molar-refractivity contribution in [3.8, 4) is 0 Å². The van der Waals surface area contributed by atoms with Gasteiger partial charge in [0.1, 0.15) is 12.0 Å². The van der Waals surface area contributed by atoms with Crippen molar-refractivity contribution in [3.05, 3.63) is 47.7 Å². The van der Waals surface area contributed by atoms with Crippen molar-refractivity contribution < 1.29 is 9.18 Å². The number of aromatic amines is 2. The molecule has 0 aliphatic carbocycles. The fourth-order valence-electron chi connectivity index (χ4n) is 3.19. The van der Waals surface area contributed by atoms with Crippen molar-refractivity contribution in [1.82, 2.24) is 30.4 Å².